The monoisotopic (exact) mass is 793 g/mol. The minimum atomic E-state index is 0.0691. The lowest BCUT2D eigenvalue weighted by Gasteiger charge is -2.58. The van der Waals surface area contributed by atoms with Crippen LogP contribution in [0.3, 0.4) is 0 Å². The standard InChI is InChI=1S/C55H100O2/c1-8-10-11-12-13-14-15-16-17-18-19-20-21-22-23-24-25-26-27-28-29-30-31-32-53(56)57-48-39-41-54(6)47(43-48)35-36-49-51-38-37-50(55(51,7)42-40-52(49)54)45(5)33-34-46(9-2)44(3)4/h35,44-46,48-52H,8-34,36-43H2,1-7H3/t45-,46+,48+,49+,50-,51+,52+,54+,55-/m1/s1. The molecule has 0 saturated heterocycles. The van der Waals surface area contributed by atoms with Crippen molar-refractivity contribution in [1.82, 2.24) is 0 Å². The van der Waals surface area contributed by atoms with Crippen LogP contribution in [0.5, 0.6) is 0 Å². The minimum Gasteiger partial charge on any atom is -0.462 e. The first kappa shape index (κ1) is 48.9. The number of hydrogen-bond donors (Lipinski definition) is 0. The Hall–Kier alpha value is -0.790. The van der Waals surface area contributed by atoms with Gasteiger partial charge in [-0.15, -0.1) is 0 Å². The Bertz CT molecular complexity index is 1110. The van der Waals surface area contributed by atoms with Gasteiger partial charge in [-0.2, -0.15) is 0 Å². The lowest BCUT2D eigenvalue weighted by Crippen LogP contribution is -2.51. The summed E-state index contributed by atoms with van der Waals surface area (Å²) in [6.07, 6.45) is 50.2. The van der Waals surface area contributed by atoms with Crippen molar-refractivity contribution in [2.75, 3.05) is 0 Å². The van der Waals surface area contributed by atoms with E-state index in [0.29, 0.717) is 17.3 Å². The Morgan fingerprint density at radius 3 is 1.68 bits per heavy atom. The molecule has 2 nitrogen and oxygen atoms in total. The molecule has 2 heteroatoms. The van der Waals surface area contributed by atoms with E-state index in [-0.39, 0.29) is 12.1 Å². The van der Waals surface area contributed by atoms with E-state index in [4.69, 9.17) is 4.74 Å². The molecule has 3 saturated carbocycles. The Morgan fingerprint density at radius 1 is 0.649 bits per heavy atom. The van der Waals surface area contributed by atoms with Gasteiger partial charge < -0.3 is 4.74 Å². The molecular weight excluding hydrogens is 693 g/mol. The van der Waals surface area contributed by atoms with Gasteiger partial charge in [-0.3, -0.25) is 4.79 Å². The molecule has 0 aromatic rings. The van der Waals surface area contributed by atoms with Gasteiger partial charge in [0.2, 0.25) is 0 Å². The molecule has 0 aromatic carbocycles. The molecule has 0 N–H and O–H groups in total. The number of esters is 1. The first-order valence-corrected chi connectivity index (χ1v) is 26.5. The van der Waals surface area contributed by atoms with Gasteiger partial charge in [-0.25, -0.2) is 0 Å². The summed E-state index contributed by atoms with van der Waals surface area (Å²) in [4.78, 5) is 12.9. The molecule has 0 bridgehead atoms. The van der Waals surface area contributed by atoms with Crippen molar-refractivity contribution >= 4 is 5.97 Å². The molecule has 4 aliphatic carbocycles. The predicted octanol–water partition coefficient (Wildman–Crippen LogP) is 18.0. The van der Waals surface area contributed by atoms with Crippen LogP contribution in [0.4, 0.5) is 0 Å². The van der Waals surface area contributed by atoms with E-state index in [1.165, 1.54) is 199 Å². The lowest BCUT2D eigenvalue weighted by molar-refractivity contribution is -0.151. The fourth-order valence-electron chi connectivity index (χ4n) is 13.7. The highest BCUT2D eigenvalue weighted by Gasteiger charge is 2.59. The first-order valence-electron chi connectivity index (χ1n) is 26.5. The summed E-state index contributed by atoms with van der Waals surface area (Å²) in [6, 6.07) is 0. The van der Waals surface area contributed by atoms with E-state index in [1.807, 2.05) is 0 Å². The smallest absolute Gasteiger partial charge is 0.306 e. The zero-order valence-corrected chi connectivity index (χ0v) is 39.8. The molecule has 0 aromatic heterocycles. The Balaban J connectivity index is 0.995. The molecular formula is C55H100O2. The molecule has 0 spiro atoms. The molecule has 3 fully saturated rings. The molecule has 0 heterocycles. The van der Waals surface area contributed by atoms with Crippen LogP contribution in [0.1, 0.15) is 273 Å². The third-order valence-corrected chi connectivity index (χ3v) is 17.6. The summed E-state index contributed by atoms with van der Waals surface area (Å²) >= 11 is 0. The topological polar surface area (TPSA) is 26.3 Å². The van der Waals surface area contributed by atoms with Crippen LogP contribution in [0.2, 0.25) is 0 Å². The number of fused-ring (bicyclic) bond motifs is 5. The highest BCUT2D eigenvalue weighted by molar-refractivity contribution is 5.69. The Morgan fingerprint density at radius 2 is 1.18 bits per heavy atom. The number of ether oxygens (including phenoxy) is 1. The molecule has 0 unspecified atom stereocenters. The van der Waals surface area contributed by atoms with Crippen molar-refractivity contribution in [3.63, 3.8) is 0 Å². The molecule has 332 valence electrons. The van der Waals surface area contributed by atoms with E-state index in [1.54, 1.807) is 5.57 Å². The fourth-order valence-corrected chi connectivity index (χ4v) is 13.7. The number of unbranched alkanes of at least 4 members (excludes halogenated alkanes) is 22. The second kappa shape index (κ2) is 26.5. The second-order valence-corrected chi connectivity index (χ2v) is 21.8. The zero-order chi connectivity index (χ0) is 40.9. The molecule has 0 amide bonds. The normalized spacial score (nSPS) is 29.4. The fraction of sp³-hybridized carbons (Fsp3) is 0.945. The third-order valence-electron chi connectivity index (χ3n) is 17.6. The largest absolute Gasteiger partial charge is 0.462 e. The summed E-state index contributed by atoms with van der Waals surface area (Å²) in [5, 5.41) is 0. The van der Waals surface area contributed by atoms with E-state index in [0.717, 1.165) is 60.7 Å². The predicted molar refractivity (Wildman–Crippen MR) is 249 cm³/mol. The van der Waals surface area contributed by atoms with Crippen LogP contribution < -0.4 is 0 Å². The van der Waals surface area contributed by atoms with Gasteiger partial charge in [0.05, 0.1) is 0 Å². The van der Waals surface area contributed by atoms with Crippen LogP contribution >= 0.6 is 0 Å². The summed E-state index contributed by atoms with van der Waals surface area (Å²) < 4.78 is 6.18. The van der Waals surface area contributed by atoms with Crippen molar-refractivity contribution in [3.05, 3.63) is 11.6 Å². The molecule has 0 aliphatic heterocycles. The van der Waals surface area contributed by atoms with E-state index < -0.39 is 0 Å². The van der Waals surface area contributed by atoms with Gasteiger partial charge >= 0.3 is 5.97 Å². The van der Waals surface area contributed by atoms with E-state index in [2.05, 4.69) is 54.5 Å². The molecule has 0 radical (unpaired) electrons. The van der Waals surface area contributed by atoms with Crippen LogP contribution in [-0.2, 0) is 9.53 Å². The van der Waals surface area contributed by atoms with Crippen LogP contribution in [0.25, 0.3) is 0 Å². The maximum Gasteiger partial charge on any atom is 0.306 e. The van der Waals surface area contributed by atoms with Crippen LogP contribution in [0.15, 0.2) is 11.6 Å². The van der Waals surface area contributed by atoms with Gasteiger partial charge in [-0.1, -0.05) is 214 Å². The summed E-state index contributed by atoms with van der Waals surface area (Å²) in [6.45, 7) is 17.5. The van der Waals surface area contributed by atoms with Crippen molar-refractivity contribution < 1.29 is 9.53 Å². The van der Waals surface area contributed by atoms with Gasteiger partial charge in [0, 0.05) is 12.8 Å². The maximum absolute atomic E-state index is 12.9. The Labute approximate surface area is 357 Å². The van der Waals surface area contributed by atoms with Crippen LogP contribution in [0, 0.1) is 52.3 Å². The highest BCUT2D eigenvalue weighted by atomic mass is 16.5. The van der Waals surface area contributed by atoms with Crippen molar-refractivity contribution in [2.45, 2.75) is 279 Å². The third kappa shape index (κ3) is 15.3. The van der Waals surface area contributed by atoms with E-state index in [9.17, 15) is 4.79 Å². The minimum absolute atomic E-state index is 0.0691. The number of allylic oxidation sites excluding steroid dienone is 1. The summed E-state index contributed by atoms with van der Waals surface area (Å²) in [7, 11) is 0. The Kier molecular flexibility index (Phi) is 22.7. The molecule has 9 atom stereocenters. The quantitative estimate of drug-likeness (QED) is 0.0397. The van der Waals surface area contributed by atoms with Gasteiger partial charge in [0.25, 0.3) is 0 Å². The lowest BCUT2D eigenvalue weighted by atomic mass is 9.47. The van der Waals surface area contributed by atoms with Crippen molar-refractivity contribution in [3.8, 4) is 0 Å². The maximum atomic E-state index is 12.9. The summed E-state index contributed by atoms with van der Waals surface area (Å²) in [5.41, 5.74) is 2.52. The van der Waals surface area contributed by atoms with E-state index >= 15 is 0 Å². The van der Waals surface area contributed by atoms with Crippen LogP contribution in [-0.4, -0.2) is 12.1 Å². The summed E-state index contributed by atoms with van der Waals surface area (Å²) in [5.74, 6) is 6.17. The first-order chi connectivity index (χ1) is 27.6. The zero-order valence-electron chi connectivity index (χ0n) is 39.8. The second-order valence-electron chi connectivity index (χ2n) is 21.8. The van der Waals surface area contributed by atoms with Gasteiger partial charge in [0.1, 0.15) is 6.10 Å². The molecule has 4 rings (SSSR count). The molecule has 4 aliphatic rings. The van der Waals surface area contributed by atoms with Crippen molar-refractivity contribution in [1.29, 1.82) is 0 Å². The molecule has 57 heavy (non-hydrogen) atoms. The van der Waals surface area contributed by atoms with Gasteiger partial charge in [0.15, 0.2) is 0 Å². The SMILES string of the molecule is CCCCCCCCCCCCCCCCCCCCCCCCCC(=O)O[C@H]1CC[C@@]2(C)C(=CC[C@H]3[C@@H]4CC[C@H]([C@H](C)CC[C@H](CC)C(C)C)[C@@]4(C)CC[C@@H]32)C1. The number of hydrogen-bond acceptors (Lipinski definition) is 2. The average Bonchev–Trinajstić information content (AvgIpc) is 3.55. The van der Waals surface area contributed by atoms with Crippen molar-refractivity contribution in [2.24, 2.45) is 52.3 Å². The average molecular weight is 793 g/mol. The number of carbonyl (C=O) groups excluding carboxylic acids is 1. The van der Waals surface area contributed by atoms with Gasteiger partial charge in [-0.05, 0) is 110 Å². The number of carbonyl (C=O) groups is 1. The highest BCUT2D eigenvalue weighted by Crippen LogP contribution is 2.67. The number of rotatable bonds is 31.